The van der Waals surface area contributed by atoms with E-state index in [4.69, 9.17) is 9.84 Å². The average molecular weight is 372 g/mol. The molecule has 0 bridgehead atoms. The fourth-order valence-electron chi connectivity index (χ4n) is 2.68. The van der Waals surface area contributed by atoms with E-state index >= 15 is 0 Å². The van der Waals surface area contributed by atoms with Crippen LogP contribution in [0.2, 0.25) is 0 Å². The van der Waals surface area contributed by atoms with Crippen molar-refractivity contribution in [2.24, 2.45) is 0 Å². The Kier molecular flexibility index (Phi) is 6.76. The smallest absolute Gasteiger partial charge is 0.410 e. The van der Waals surface area contributed by atoms with Gasteiger partial charge in [-0.05, 0) is 30.5 Å². The number of amides is 1. The molecule has 24 heavy (non-hydrogen) atoms. The van der Waals surface area contributed by atoms with Crippen LogP contribution in [-0.4, -0.2) is 50.7 Å². The predicted octanol–water partition coefficient (Wildman–Crippen LogP) is 2.28. The van der Waals surface area contributed by atoms with Gasteiger partial charge in [0.15, 0.2) is 0 Å². The van der Waals surface area contributed by atoms with E-state index in [0.29, 0.717) is 24.9 Å². The second-order valence-corrected chi connectivity index (χ2v) is 7.06. The molecule has 7 nitrogen and oxygen atoms in total. The lowest BCUT2D eigenvalue weighted by molar-refractivity contribution is -0.384. The van der Waals surface area contributed by atoms with Crippen LogP contribution < -0.4 is 0 Å². The van der Waals surface area contributed by atoms with Gasteiger partial charge >= 0.3 is 6.09 Å². The van der Waals surface area contributed by atoms with E-state index in [1.54, 1.807) is 17.0 Å². The molecule has 132 valence electrons. The zero-order valence-corrected chi connectivity index (χ0v) is 14.7. The second kappa shape index (κ2) is 8.59. The molecule has 1 fully saturated rings. The van der Waals surface area contributed by atoms with Crippen LogP contribution in [0.4, 0.5) is 10.5 Å². The summed E-state index contributed by atoms with van der Waals surface area (Å²) in [6, 6.07) is 5.73. The van der Waals surface area contributed by atoms with Gasteiger partial charge in [0.1, 0.15) is 6.61 Å². The van der Waals surface area contributed by atoms with Crippen molar-refractivity contribution >= 4 is 37.0 Å². The lowest BCUT2D eigenvalue weighted by atomic mass is 10.1. The maximum Gasteiger partial charge on any atom is 0.410 e. The predicted molar refractivity (Wildman–Crippen MR) is 95.6 cm³/mol. The van der Waals surface area contributed by atoms with Gasteiger partial charge in [0.05, 0.1) is 4.92 Å². The molecule has 1 aliphatic heterocycles. The third-order valence-corrected chi connectivity index (χ3v) is 4.91. The molecule has 0 aliphatic carbocycles. The molecular formula is C15H20N2O5S2. The fraction of sp³-hybridized carbons (Fsp3) is 0.533. The Morgan fingerprint density at radius 1 is 1.46 bits per heavy atom. The summed E-state index contributed by atoms with van der Waals surface area (Å²) in [6.07, 6.45) is 0.719. The van der Waals surface area contributed by atoms with Gasteiger partial charge in [0.2, 0.25) is 0 Å². The van der Waals surface area contributed by atoms with Crippen LogP contribution in [0.5, 0.6) is 0 Å². The Balaban J connectivity index is 1.94. The zero-order chi connectivity index (χ0) is 17.7. The van der Waals surface area contributed by atoms with E-state index in [-0.39, 0.29) is 35.4 Å². The molecule has 0 spiro atoms. The van der Waals surface area contributed by atoms with E-state index in [1.807, 2.05) is 0 Å². The van der Waals surface area contributed by atoms with Crippen LogP contribution in [0.15, 0.2) is 24.3 Å². The van der Waals surface area contributed by atoms with Crippen molar-refractivity contribution in [1.82, 2.24) is 4.90 Å². The number of aliphatic hydroxyl groups is 1. The third kappa shape index (κ3) is 4.78. The van der Waals surface area contributed by atoms with Gasteiger partial charge < -0.3 is 14.7 Å². The number of carbonyl (C=O) groups is 1. The van der Waals surface area contributed by atoms with Crippen LogP contribution in [0.25, 0.3) is 0 Å². The van der Waals surface area contributed by atoms with Crippen LogP contribution in [0.1, 0.15) is 18.4 Å². The van der Waals surface area contributed by atoms with Crippen LogP contribution in [-0.2, 0) is 11.3 Å². The number of non-ortho nitro benzene ring substituents is 1. The van der Waals surface area contributed by atoms with Crippen molar-refractivity contribution in [2.75, 3.05) is 13.2 Å². The molecule has 3 atom stereocenters. The highest BCUT2D eigenvalue weighted by molar-refractivity contribution is 7.81. The number of nitro groups is 1. The molecular weight excluding hydrogens is 352 g/mol. The number of nitro benzene ring substituents is 1. The molecule has 3 unspecified atom stereocenters. The lowest BCUT2D eigenvalue weighted by Gasteiger charge is -2.27. The average Bonchev–Trinajstić information content (AvgIpc) is 2.95. The summed E-state index contributed by atoms with van der Waals surface area (Å²) >= 11 is 8.89. The first kappa shape index (κ1) is 18.9. The highest BCUT2D eigenvalue weighted by atomic mass is 32.1. The quantitative estimate of drug-likeness (QED) is 0.405. The van der Waals surface area contributed by atoms with Crippen LogP contribution in [0, 0.1) is 10.1 Å². The van der Waals surface area contributed by atoms with E-state index in [2.05, 4.69) is 25.3 Å². The molecule has 1 aromatic carbocycles. The Bertz CT molecular complexity index is 584. The largest absolute Gasteiger partial charge is 0.445 e. The van der Waals surface area contributed by atoms with Crippen molar-refractivity contribution in [3.8, 4) is 0 Å². The van der Waals surface area contributed by atoms with Crippen molar-refractivity contribution in [1.29, 1.82) is 0 Å². The van der Waals surface area contributed by atoms with Gasteiger partial charge in [-0.3, -0.25) is 10.1 Å². The standard InChI is InChI=1S/C15H20N2O5S2/c18-6-5-14(24)13-7-12(23)8-16(13)15(19)22-9-10-1-3-11(4-2-10)17(20)21/h1-4,12-14,18,23-24H,5-9H2. The number of hydrogen-bond donors (Lipinski definition) is 3. The Morgan fingerprint density at radius 2 is 2.12 bits per heavy atom. The Labute approximate surface area is 151 Å². The highest BCUT2D eigenvalue weighted by Gasteiger charge is 2.38. The number of benzene rings is 1. The molecule has 1 N–H and O–H groups in total. The number of nitrogens with zero attached hydrogens (tertiary/aromatic N) is 2. The van der Waals surface area contributed by atoms with Crippen LogP contribution in [0.3, 0.4) is 0 Å². The van der Waals surface area contributed by atoms with Crippen LogP contribution >= 0.6 is 25.3 Å². The van der Waals surface area contributed by atoms with Crippen molar-refractivity contribution in [3.63, 3.8) is 0 Å². The van der Waals surface area contributed by atoms with Gasteiger partial charge in [0.25, 0.3) is 5.69 Å². The molecule has 2 rings (SSSR count). The maximum absolute atomic E-state index is 12.3. The van der Waals surface area contributed by atoms with Gasteiger partial charge in [-0.2, -0.15) is 25.3 Å². The number of rotatable bonds is 6. The molecule has 0 saturated carbocycles. The molecule has 0 radical (unpaired) electrons. The van der Waals surface area contributed by atoms with Gasteiger partial charge in [-0.1, -0.05) is 0 Å². The van der Waals surface area contributed by atoms with E-state index < -0.39 is 11.0 Å². The van der Waals surface area contributed by atoms with Crippen molar-refractivity contribution in [3.05, 3.63) is 39.9 Å². The minimum atomic E-state index is -0.481. The van der Waals surface area contributed by atoms with Gasteiger partial charge in [0, 0.05) is 41.8 Å². The molecule has 9 heteroatoms. The number of thiol groups is 2. The number of aliphatic hydroxyl groups excluding tert-OH is 1. The van der Waals surface area contributed by atoms with E-state index in [0.717, 1.165) is 0 Å². The van der Waals surface area contributed by atoms with Gasteiger partial charge in [-0.25, -0.2) is 4.79 Å². The summed E-state index contributed by atoms with van der Waals surface area (Å²) in [4.78, 5) is 24.1. The van der Waals surface area contributed by atoms with E-state index in [1.165, 1.54) is 12.1 Å². The molecule has 1 aliphatic rings. The number of hydrogen-bond acceptors (Lipinski definition) is 7. The molecule has 0 aromatic heterocycles. The summed E-state index contributed by atoms with van der Waals surface area (Å²) < 4.78 is 5.31. The number of carbonyl (C=O) groups excluding carboxylic acids is 1. The molecule has 1 aromatic rings. The first-order valence-corrected chi connectivity index (χ1v) is 8.59. The zero-order valence-electron chi connectivity index (χ0n) is 12.9. The van der Waals surface area contributed by atoms with E-state index in [9.17, 15) is 14.9 Å². The normalized spacial score (nSPS) is 21.5. The molecule has 1 saturated heterocycles. The fourth-order valence-corrected chi connectivity index (χ4v) is 3.47. The number of ether oxygens (including phenoxy) is 1. The Hall–Kier alpha value is -1.45. The first-order valence-electron chi connectivity index (χ1n) is 7.56. The summed E-state index contributed by atoms with van der Waals surface area (Å²) in [7, 11) is 0. The maximum atomic E-state index is 12.3. The lowest BCUT2D eigenvalue weighted by Crippen LogP contribution is -2.41. The monoisotopic (exact) mass is 372 g/mol. The Morgan fingerprint density at radius 3 is 2.71 bits per heavy atom. The topological polar surface area (TPSA) is 92.9 Å². The van der Waals surface area contributed by atoms with Gasteiger partial charge in [-0.15, -0.1) is 0 Å². The summed E-state index contributed by atoms with van der Waals surface area (Å²) in [5.41, 5.74) is 0.662. The van der Waals surface area contributed by atoms with Crippen molar-refractivity contribution in [2.45, 2.75) is 36.0 Å². The first-order chi connectivity index (χ1) is 11.4. The summed E-state index contributed by atoms with van der Waals surface area (Å²) in [5, 5.41) is 19.6. The number of likely N-dealkylation sites (tertiary alicyclic amines) is 1. The van der Waals surface area contributed by atoms with Crippen molar-refractivity contribution < 1.29 is 19.6 Å². The minimum Gasteiger partial charge on any atom is -0.445 e. The summed E-state index contributed by atoms with van der Waals surface area (Å²) in [6.45, 7) is 0.511. The highest BCUT2D eigenvalue weighted by Crippen LogP contribution is 2.28. The summed E-state index contributed by atoms with van der Waals surface area (Å²) in [5.74, 6) is 0. The minimum absolute atomic E-state index is 0.00753. The molecule has 1 heterocycles. The molecule has 1 amide bonds. The SMILES string of the molecule is O=C(OCc1ccc([N+](=O)[O-])cc1)N1CC(S)CC1C(S)CCO. The second-order valence-electron chi connectivity index (χ2n) is 5.67. The third-order valence-electron chi connectivity index (χ3n) is 3.93.